The normalized spacial score (nSPS) is 15.2. The highest BCUT2D eigenvalue weighted by Gasteiger charge is 2.45. The van der Waals surface area contributed by atoms with Crippen molar-refractivity contribution in [3.8, 4) is 22.3 Å². The first-order valence-electron chi connectivity index (χ1n) is 20.7. The molecular formula is C59H58. The minimum atomic E-state index is -0.254. The predicted octanol–water partition coefficient (Wildman–Crippen LogP) is 15.9. The van der Waals surface area contributed by atoms with Gasteiger partial charge >= 0.3 is 0 Å². The first-order chi connectivity index (χ1) is 28.0. The molecule has 0 amide bonds. The third kappa shape index (κ3) is 7.06. The topological polar surface area (TPSA) is 0 Å². The molecule has 1 fully saturated rings. The van der Waals surface area contributed by atoms with Crippen LogP contribution in [-0.2, 0) is 16.2 Å². The second kappa shape index (κ2) is 17.3. The average Bonchev–Trinajstić information content (AvgIpc) is 3.97. The Morgan fingerprint density at radius 2 is 0.542 bits per heavy atom. The molecule has 0 spiro atoms. The molecule has 1 saturated carbocycles. The van der Waals surface area contributed by atoms with E-state index < -0.39 is 0 Å². The predicted molar refractivity (Wildman–Crippen MR) is 253 cm³/mol. The van der Waals surface area contributed by atoms with Gasteiger partial charge in [-0.15, -0.1) is 0 Å². The van der Waals surface area contributed by atoms with Crippen molar-refractivity contribution >= 4 is 0 Å². The van der Waals surface area contributed by atoms with E-state index in [9.17, 15) is 0 Å². The van der Waals surface area contributed by atoms with Crippen LogP contribution in [0, 0.1) is 0 Å². The smallest absolute Gasteiger partial charge is 0.0713 e. The highest BCUT2D eigenvalue weighted by molar-refractivity contribution is 5.86. The zero-order chi connectivity index (χ0) is 38.7. The van der Waals surface area contributed by atoms with Crippen LogP contribution in [0.15, 0.2) is 218 Å². The summed E-state index contributed by atoms with van der Waals surface area (Å²) in [4.78, 5) is 0. The number of hydrogen-bond donors (Lipinski definition) is 0. The summed E-state index contributed by atoms with van der Waals surface area (Å²) in [7, 11) is 0. The van der Waals surface area contributed by atoms with Crippen LogP contribution < -0.4 is 0 Å². The molecule has 0 heterocycles. The van der Waals surface area contributed by atoms with E-state index >= 15 is 0 Å². The minimum absolute atomic E-state index is 0. The molecule has 0 unspecified atom stereocenters. The molecule has 0 aromatic heterocycles. The number of benzene rings is 8. The molecule has 11 rings (SSSR count). The quantitative estimate of drug-likeness (QED) is 0.167. The van der Waals surface area contributed by atoms with Gasteiger partial charge in [-0.3, -0.25) is 0 Å². The number of rotatable bonds is 4. The van der Waals surface area contributed by atoms with Gasteiger partial charge in [-0.2, -0.15) is 0 Å². The monoisotopic (exact) mass is 766 g/mol. The van der Waals surface area contributed by atoms with Gasteiger partial charge in [-0.05, 0) is 79.6 Å². The fourth-order valence-electron chi connectivity index (χ4n) is 10.3. The van der Waals surface area contributed by atoms with Crippen molar-refractivity contribution in [3.05, 3.63) is 263 Å². The summed E-state index contributed by atoms with van der Waals surface area (Å²) in [6.07, 6.45) is 5.29. The van der Waals surface area contributed by atoms with Gasteiger partial charge in [0.25, 0.3) is 0 Å². The molecule has 0 aliphatic heterocycles. The summed E-state index contributed by atoms with van der Waals surface area (Å²) in [6, 6.07) is 78.9. The molecule has 0 nitrogen and oxygen atoms in total. The van der Waals surface area contributed by atoms with Gasteiger partial charge in [-0.1, -0.05) is 260 Å². The lowest BCUT2D eigenvalue weighted by atomic mass is 9.68. The lowest BCUT2D eigenvalue weighted by Gasteiger charge is -2.33. The molecule has 0 saturated heterocycles. The summed E-state index contributed by atoms with van der Waals surface area (Å²) in [5, 5.41) is 0. The van der Waals surface area contributed by atoms with Crippen LogP contribution in [-0.4, -0.2) is 0 Å². The van der Waals surface area contributed by atoms with Crippen LogP contribution in [0.1, 0.15) is 98.9 Å². The Hall–Kier alpha value is -6.24. The van der Waals surface area contributed by atoms with Crippen LogP contribution in [0.3, 0.4) is 0 Å². The summed E-state index contributed by atoms with van der Waals surface area (Å²) < 4.78 is 0. The maximum absolute atomic E-state index is 2.30. The van der Waals surface area contributed by atoms with Gasteiger partial charge < -0.3 is 0 Å². The van der Waals surface area contributed by atoms with Crippen LogP contribution >= 0.6 is 0 Å². The summed E-state index contributed by atoms with van der Waals surface area (Å²) in [5.41, 5.74) is 16.9. The molecule has 294 valence electrons. The molecule has 0 N–H and O–H groups in total. The highest BCUT2D eigenvalue weighted by Crippen LogP contribution is 2.56. The van der Waals surface area contributed by atoms with Crippen LogP contribution in [0.25, 0.3) is 22.3 Å². The van der Waals surface area contributed by atoms with Gasteiger partial charge in [0.1, 0.15) is 0 Å². The van der Waals surface area contributed by atoms with E-state index in [2.05, 4.69) is 232 Å². The first-order valence-corrected chi connectivity index (χ1v) is 20.7. The van der Waals surface area contributed by atoms with Crippen molar-refractivity contribution in [2.45, 2.75) is 70.6 Å². The highest BCUT2D eigenvalue weighted by atomic mass is 14.5. The Kier molecular flexibility index (Phi) is 12.0. The first kappa shape index (κ1) is 40.9. The van der Waals surface area contributed by atoms with E-state index in [0.717, 1.165) is 0 Å². The molecular weight excluding hydrogens is 709 g/mol. The van der Waals surface area contributed by atoms with E-state index in [1.165, 1.54) is 92.4 Å². The standard InChI is InChI=1S/C25H18.C17H18.C15H14.2CH4/c1-3-11-19(12-4-1)25(20-13-5-2-6-14-20)23-17-9-7-15-21(23)22-16-8-10-18-24(22)25;1-3-9-15(10-4-1)17(13-7-8-14-17)16-11-5-2-6-12-16;1-15(2)13-9-5-3-7-11(13)12-8-4-6-10-14(12)15;;/h1-18H;1-6,9-12H,7-8,13-14H2;3-10H,1-2H3;2*1H4. The van der Waals surface area contributed by atoms with E-state index in [4.69, 9.17) is 0 Å². The number of fused-ring (bicyclic) bond motifs is 6. The Balaban J connectivity index is 0.000000137. The number of hydrogen-bond acceptors (Lipinski definition) is 0. The molecule has 8 aromatic carbocycles. The van der Waals surface area contributed by atoms with Crippen molar-refractivity contribution in [2.75, 3.05) is 0 Å². The molecule has 0 atom stereocenters. The van der Waals surface area contributed by atoms with E-state index in [0.29, 0.717) is 0 Å². The van der Waals surface area contributed by atoms with Crippen molar-refractivity contribution in [3.63, 3.8) is 0 Å². The Bertz CT molecular complexity index is 2400. The lowest BCUT2D eigenvalue weighted by molar-refractivity contribution is 0.535. The maximum atomic E-state index is 2.30. The fourth-order valence-corrected chi connectivity index (χ4v) is 10.3. The molecule has 0 bridgehead atoms. The lowest BCUT2D eigenvalue weighted by Crippen LogP contribution is -2.28. The largest absolute Gasteiger partial charge is 0.0776 e. The summed E-state index contributed by atoms with van der Waals surface area (Å²) in [6.45, 7) is 4.61. The second-order valence-corrected chi connectivity index (χ2v) is 16.3. The van der Waals surface area contributed by atoms with Crippen molar-refractivity contribution in [1.82, 2.24) is 0 Å². The maximum Gasteiger partial charge on any atom is 0.0713 e. The van der Waals surface area contributed by atoms with E-state index in [1.54, 1.807) is 0 Å². The van der Waals surface area contributed by atoms with Gasteiger partial charge in [-0.25, -0.2) is 0 Å². The molecule has 59 heavy (non-hydrogen) atoms. The molecule has 3 aliphatic carbocycles. The van der Waals surface area contributed by atoms with Gasteiger partial charge in [0.15, 0.2) is 0 Å². The summed E-state index contributed by atoms with van der Waals surface area (Å²) >= 11 is 0. The zero-order valence-electron chi connectivity index (χ0n) is 33.1. The van der Waals surface area contributed by atoms with Gasteiger partial charge in [0, 0.05) is 10.8 Å². The van der Waals surface area contributed by atoms with Crippen LogP contribution in [0.4, 0.5) is 0 Å². The molecule has 0 heteroatoms. The molecule has 8 aromatic rings. The molecule has 3 aliphatic rings. The van der Waals surface area contributed by atoms with Crippen molar-refractivity contribution in [2.24, 2.45) is 0 Å². The summed E-state index contributed by atoms with van der Waals surface area (Å²) in [5.74, 6) is 0. The Morgan fingerprint density at radius 1 is 0.288 bits per heavy atom. The fraction of sp³-hybridized carbons (Fsp3) is 0.186. The Morgan fingerprint density at radius 3 is 0.881 bits per heavy atom. The second-order valence-electron chi connectivity index (χ2n) is 16.3. The van der Waals surface area contributed by atoms with Crippen LogP contribution in [0.2, 0.25) is 0 Å². The SMILES string of the molecule is C.C.CC1(C)c2ccccc2-c2ccccc21.c1ccc(C2(c3ccccc3)CCCC2)cc1.c1ccc(C2(c3ccccc3)c3ccccc3-c3ccccc32)cc1. The Labute approximate surface area is 354 Å². The van der Waals surface area contributed by atoms with Crippen molar-refractivity contribution in [1.29, 1.82) is 0 Å². The van der Waals surface area contributed by atoms with Gasteiger partial charge in [0.05, 0.1) is 5.41 Å². The minimum Gasteiger partial charge on any atom is -0.0776 e. The van der Waals surface area contributed by atoms with E-state index in [-0.39, 0.29) is 31.1 Å². The third-order valence-corrected chi connectivity index (χ3v) is 13.0. The van der Waals surface area contributed by atoms with Gasteiger partial charge in [0.2, 0.25) is 0 Å². The van der Waals surface area contributed by atoms with Crippen LogP contribution in [0.5, 0.6) is 0 Å². The average molecular weight is 767 g/mol. The van der Waals surface area contributed by atoms with Crippen molar-refractivity contribution < 1.29 is 0 Å². The molecule has 0 radical (unpaired) electrons. The third-order valence-electron chi connectivity index (χ3n) is 13.0. The zero-order valence-corrected chi connectivity index (χ0v) is 33.1. The van der Waals surface area contributed by atoms with E-state index in [1.807, 2.05) is 0 Å².